The Bertz CT molecular complexity index is 690. The molecule has 0 aliphatic carbocycles. The summed E-state index contributed by atoms with van der Waals surface area (Å²) in [5.74, 6) is -1.60. The first-order valence-electron chi connectivity index (χ1n) is 7.88. The van der Waals surface area contributed by atoms with Gasteiger partial charge in [-0.3, -0.25) is 4.79 Å². The molecule has 0 radical (unpaired) electrons. The Balaban J connectivity index is 0.000000257. The van der Waals surface area contributed by atoms with E-state index in [4.69, 9.17) is 5.11 Å². The third-order valence-corrected chi connectivity index (χ3v) is 2.92. The molecule has 2 aromatic rings. The summed E-state index contributed by atoms with van der Waals surface area (Å²) in [6.07, 6.45) is 1.76. The second kappa shape index (κ2) is 10.1. The molecule has 2 aromatic carbocycles. The van der Waals surface area contributed by atoms with Crippen molar-refractivity contribution in [2.45, 2.75) is 6.54 Å². The summed E-state index contributed by atoms with van der Waals surface area (Å²) < 4.78 is 0.990. The van der Waals surface area contributed by atoms with Crippen LogP contribution in [0, 0.1) is 0 Å². The van der Waals surface area contributed by atoms with Gasteiger partial charge >= 0.3 is 5.97 Å². The van der Waals surface area contributed by atoms with Gasteiger partial charge in [0.05, 0.1) is 21.1 Å². The number of carboxylic acids is 1. The lowest BCUT2D eigenvalue weighted by Gasteiger charge is -2.23. The van der Waals surface area contributed by atoms with Crippen molar-refractivity contribution in [3.63, 3.8) is 0 Å². The van der Waals surface area contributed by atoms with E-state index in [9.17, 15) is 9.59 Å². The van der Waals surface area contributed by atoms with Crippen molar-refractivity contribution < 1.29 is 19.2 Å². The van der Waals surface area contributed by atoms with Crippen molar-refractivity contribution in [3.05, 3.63) is 78.4 Å². The van der Waals surface area contributed by atoms with Gasteiger partial charge in [0, 0.05) is 23.4 Å². The highest BCUT2D eigenvalue weighted by Crippen LogP contribution is 2.05. The summed E-state index contributed by atoms with van der Waals surface area (Å²) in [7, 11) is 6.60. The molecule has 0 aliphatic heterocycles. The zero-order chi connectivity index (χ0) is 18.7. The third kappa shape index (κ3) is 10.5. The smallest absolute Gasteiger partial charge is 0.328 e. The Kier molecular flexibility index (Phi) is 8.09. The maximum Gasteiger partial charge on any atom is 0.328 e. The first-order chi connectivity index (χ1) is 11.8. The number of quaternary nitrogens is 1. The SMILES string of the molecule is C[N+](C)(C)Cc1ccccc1.O=C(O)/C=C\C(=O)Nc1ccccc1. The van der Waals surface area contributed by atoms with Crippen molar-refractivity contribution in [3.8, 4) is 0 Å². The fraction of sp³-hybridized carbons (Fsp3) is 0.200. The van der Waals surface area contributed by atoms with E-state index in [2.05, 4.69) is 56.8 Å². The van der Waals surface area contributed by atoms with Crippen LogP contribution in [0.15, 0.2) is 72.8 Å². The average molecular weight is 341 g/mol. The lowest BCUT2D eigenvalue weighted by Crippen LogP contribution is -2.33. The molecule has 0 fully saturated rings. The average Bonchev–Trinajstić information content (AvgIpc) is 2.54. The number of para-hydroxylation sites is 1. The van der Waals surface area contributed by atoms with E-state index in [1.165, 1.54) is 5.56 Å². The molecular weight excluding hydrogens is 316 g/mol. The number of carbonyl (C=O) groups excluding carboxylic acids is 1. The zero-order valence-electron chi connectivity index (χ0n) is 14.8. The minimum absolute atomic E-state index is 0.460. The van der Waals surface area contributed by atoms with Gasteiger partial charge in [0.15, 0.2) is 0 Å². The Morgan fingerprint density at radius 2 is 1.44 bits per heavy atom. The molecular formula is C20H25N2O3+. The van der Waals surface area contributed by atoms with Crippen LogP contribution in [-0.4, -0.2) is 42.6 Å². The van der Waals surface area contributed by atoms with Gasteiger partial charge in [-0.25, -0.2) is 4.79 Å². The molecule has 0 atom stereocenters. The van der Waals surface area contributed by atoms with Crippen LogP contribution in [0.4, 0.5) is 5.69 Å². The van der Waals surface area contributed by atoms with Crippen LogP contribution in [0.3, 0.4) is 0 Å². The highest BCUT2D eigenvalue weighted by Gasteiger charge is 2.06. The van der Waals surface area contributed by atoms with Crippen LogP contribution in [0.5, 0.6) is 0 Å². The van der Waals surface area contributed by atoms with Gasteiger partial charge in [0.2, 0.25) is 5.91 Å². The molecule has 0 saturated heterocycles. The lowest BCUT2D eigenvalue weighted by molar-refractivity contribution is -0.884. The van der Waals surface area contributed by atoms with E-state index < -0.39 is 11.9 Å². The van der Waals surface area contributed by atoms with E-state index in [-0.39, 0.29) is 0 Å². The molecule has 0 bridgehead atoms. The Labute approximate surface area is 148 Å². The maximum atomic E-state index is 11.1. The fourth-order valence-electron chi connectivity index (χ4n) is 1.98. The van der Waals surface area contributed by atoms with Gasteiger partial charge in [-0.2, -0.15) is 0 Å². The molecule has 2 N–H and O–H groups in total. The van der Waals surface area contributed by atoms with E-state index >= 15 is 0 Å². The second-order valence-electron chi connectivity index (χ2n) is 6.46. The van der Waals surface area contributed by atoms with Crippen LogP contribution >= 0.6 is 0 Å². The maximum absolute atomic E-state index is 11.1. The molecule has 5 heteroatoms. The van der Waals surface area contributed by atoms with Crippen LogP contribution in [0.2, 0.25) is 0 Å². The van der Waals surface area contributed by atoms with Crippen LogP contribution in [0.1, 0.15) is 5.56 Å². The van der Waals surface area contributed by atoms with Gasteiger partial charge in [-0.05, 0) is 12.1 Å². The minimum Gasteiger partial charge on any atom is -0.478 e. The van der Waals surface area contributed by atoms with Crippen molar-refractivity contribution in [1.82, 2.24) is 0 Å². The number of hydrogen-bond acceptors (Lipinski definition) is 2. The molecule has 5 nitrogen and oxygen atoms in total. The third-order valence-electron chi connectivity index (χ3n) is 2.92. The standard InChI is InChI=1S/C10H9NO3.C10H16N/c12-9(6-7-10(13)14)11-8-4-2-1-3-5-8;1-11(2,3)9-10-7-5-4-6-8-10/h1-7H,(H,11,12)(H,13,14);4-8H,9H2,1-3H3/q;+1/b7-6-;. The molecule has 132 valence electrons. The van der Waals surface area contributed by atoms with Crippen LogP contribution < -0.4 is 5.32 Å². The van der Waals surface area contributed by atoms with E-state index in [1.807, 2.05) is 6.07 Å². The first kappa shape index (κ1) is 20.1. The van der Waals surface area contributed by atoms with Crippen molar-refractivity contribution in [2.75, 3.05) is 26.5 Å². The predicted octanol–water partition coefficient (Wildman–Crippen LogP) is 3.16. The molecule has 2 rings (SSSR count). The lowest BCUT2D eigenvalue weighted by atomic mass is 10.2. The Morgan fingerprint density at radius 1 is 0.920 bits per heavy atom. The zero-order valence-corrected chi connectivity index (χ0v) is 14.8. The summed E-state index contributed by atoms with van der Waals surface area (Å²) in [6, 6.07) is 19.4. The summed E-state index contributed by atoms with van der Waals surface area (Å²) >= 11 is 0. The summed E-state index contributed by atoms with van der Waals surface area (Å²) in [4.78, 5) is 21.1. The first-order valence-corrected chi connectivity index (χ1v) is 7.88. The summed E-state index contributed by atoms with van der Waals surface area (Å²) in [6.45, 7) is 1.10. The van der Waals surface area contributed by atoms with Gasteiger partial charge in [0.25, 0.3) is 0 Å². The number of carbonyl (C=O) groups is 2. The predicted molar refractivity (Wildman–Crippen MR) is 100 cm³/mol. The molecule has 0 spiro atoms. The number of hydrogen-bond donors (Lipinski definition) is 2. The number of carboxylic acid groups (broad SMARTS) is 1. The number of aliphatic carboxylic acids is 1. The Morgan fingerprint density at radius 3 is 1.92 bits per heavy atom. The second-order valence-corrected chi connectivity index (χ2v) is 6.46. The molecule has 0 saturated carbocycles. The topological polar surface area (TPSA) is 66.4 Å². The molecule has 25 heavy (non-hydrogen) atoms. The van der Waals surface area contributed by atoms with Crippen LogP contribution in [-0.2, 0) is 16.1 Å². The van der Waals surface area contributed by atoms with Crippen molar-refractivity contribution >= 4 is 17.6 Å². The van der Waals surface area contributed by atoms with E-state index in [0.717, 1.165) is 23.2 Å². The van der Waals surface area contributed by atoms with Crippen LogP contribution in [0.25, 0.3) is 0 Å². The van der Waals surface area contributed by atoms with E-state index in [0.29, 0.717) is 5.69 Å². The van der Waals surface area contributed by atoms with Gasteiger partial charge < -0.3 is 14.9 Å². The van der Waals surface area contributed by atoms with Gasteiger partial charge in [-0.1, -0.05) is 48.5 Å². The van der Waals surface area contributed by atoms with Crippen molar-refractivity contribution in [1.29, 1.82) is 0 Å². The number of rotatable bonds is 5. The monoisotopic (exact) mass is 341 g/mol. The Hall–Kier alpha value is -2.92. The molecule has 1 amide bonds. The number of amides is 1. The van der Waals surface area contributed by atoms with E-state index in [1.54, 1.807) is 24.3 Å². The largest absolute Gasteiger partial charge is 0.478 e. The normalized spacial score (nSPS) is 10.7. The fourth-order valence-corrected chi connectivity index (χ4v) is 1.98. The number of nitrogens with zero attached hydrogens (tertiary/aromatic N) is 1. The molecule has 0 aromatic heterocycles. The highest BCUT2D eigenvalue weighted by molar-refractivity contribution is 6.02. The van der Waals surface area contributed by atoms with Crippen molar-refractivity contribution in [2.24, 2.45) is 0 Å². The number of benzene rings is 2. The number of nitrogens with one attached hydrogen (secondary N) is 1. The minimum atomic E-state index is -1.15. The van der Waals surface area contributed by atoms with Gasteiger partial charge in [0.1, 0.15) is 6.54 Å². The summed E-state index contributed by atoms with van der Waals surface area (Å²) in [5, 5.41) is 10.8. The molecule has 0 aliphatic rings. The molecule has 0 unspecified atom stereocenters. The number of anilines is 1. The van der Waals surface area contributed by atoms with Gasteiger partial charge in [-0.15, -0.1) is 0 Å². The molecule has 0 heterocycles. The highest BCUT2D eigenvalue weighted by atomic mass is 16.4. The summed E-state index contributed by atoms with van der Waals surface area (Å²) in [5.41, 5.74) is 2.03. The quantitative estimate of drug-likeness (QED) is 0.648.